The van der Waals surface area contributed by atoms with E-state index in [9.17, 15) is 5.11 Å². The first-order valence-electron chi connectivity index (χ1n) is 3.33. The van der Waals surface area contributed by atoms with Crippen LogP contribution in [0.1, 0.15) is 16.8 Å². The first-order chi connectivity index (χ1) is 5.24. The highest BCUT2D eigenvalue weighted by molar-refractivity contribution is 7.09. The van der Waals surface area contributed by atoms with E-state index in [1.807, 2.05) is 12.3 Å². The maximum absolute atomic E-state index is 9.35. The van der Waals surface area contributed by atoms with Gasteiger partial charge in [0.15, 0.2) is 0 Å². The number of aryl methyl sites for hydroxylation is 1. The zero-order chi connectivity index (χ0) is 8.27. The number of aliphatic hydroxyl groups excluding tert-OH is 1. The van der Waals surface area contributed by atoms with E-state index in [-0.39, 0.29) is 0 Å². The molecular formula is C7H11NO2S. The highest BCUT2D eigenvalue weighted by atomic mass is 32.1. The topological polar surface area (TPSA) is 42.4 Å². The molecular weight excluding hydrogens is 162 g/mol. The fourth-order valence-corrected chi connectivity index (χ4v) is 1.44. The minimum atomic E-state index is -0.579. The quantitative estimate of drug-likeness (QED) is 0.745. The first kappa shape index (κ1) is 8.64. The molecule has 0 saturated carbocycles. The van der Waals surface area contributed by atoms with Crippen LogP contribution in [0.3, 0.4) is 0 Å². The third-order valence-corrected chi connectivity index (χ3v) is 2.09. The largest absolute Gasteiger partial charge is 0.384 e. The lowest BCUT2D eigenvalue weighted by Crippen LogP contribution is -2.05. The molecule has 1 aromatic rings. The Kier molecular flexibility index (Phi) is 2.99. The number of ether oxygens (including phenoxy) is 1. The second-order valence-electron chi connectivity index (χ2n) is 2.26. The summed E-state index contributed by atoms with van der Waals surface area (Å²) in [5.41, 5.74) is 0.703. The Morgan fingerprint density at radius 1 is 1.82 bits per heavy atom. The van der Waals surface area contributed by atoms with Crippen molar-refractivity contribution in [2.45, 2.75) is 13.0 Å². The average molecular weight is 173 g/mol. The first-order valence-corrected chi connectivity index (χ1v) is 4.21. The Labute approximate surface area is 69.7 Å². The highest BCUT2D eigenvalue weighted by Gasteiger charge is 2.09. The SMILES string of the molecule is COCC(O)c1csc(C)n1. The van der Waals surface area contributed by atoms with Crippen molar-refractivity contribution in [1.29, 1.82) is 0 Å². The standard InChI is InChI=1S/C7H11NO2S/c1-5-8-6(4-11-5)7(9)3-10-2/h4,7,9H,3H2,1-2H3. The minimum Gasteiger partial charge on any atom is -0.384 e. The molecule has 4 heteroatoms. The zero-order valence-corrected chi connectivity index (χ0v) is 7.39. The Balaban J connectivity index is 2.60. The van der Waals surface area contributed by atoms with Crippen LogP contribution in [0.5, 0.6) is 0 Å². The molecule has 62 valence electrons. The van der Waals surface area contributed by atoms with Crippen LogP contribution in [0, 0.1) is 6.92 Å². The summed E-state index contributed by atoms with van der Waals surface area (Å²) in [6, 6.07) is 0. The van der Waals surface area contributed by atoms with Crippen LogP contribution >= 0.6 is 11.3 Å². The molecule has 0 amide bonds. The summed E-state index contributed by atoms with van der Waals surface area (Å²) >= 11 is 1.53. The molecule has 0 aliphatic carbocycles. The van der Waals surface area contributed by atoms with Crippen LogP contribution in [-0.2, 0) is 4.74 Å². The van der Waals surface area contributed by atoms with Crippen LogP contribution in [0.2, 0.25) is 0 Å². The van der Waals surface area contributed by atoms with Crippen molar-refractivity contribution in [3.8, 4) is 0 Å². The maximum atomic E-state index is 9.35. The van der Waals surface area contributed by atoms with Crippen LogP contribution in [-0.4, -0.2) is 23.8 Å². The smallest absolute Gasteiger partial charge is 0.120 e. The van der Waals surface area contributed by atoms with E-state index >= 15 is 0 Å². The number of hydrogen-bond donors (Lipinski definition) is 1. The molecule has 0 aromatic carbocycles. The monoisotopic (exact) mass is 173 g/mol. The zero-order valence-electron chi connectivity index (χ0n) is 6.57. The Morgan fingerprint density at radius 2 is 2.55 bits per heavy atom. The van der Waals surface area contributed by atoms with Crippen molar-refractivity contribution in [3.05, 3.63) is 16.1 Å². The second kappa shape index (κ2) is 3.80. The summed E-state index contributed by atoms with van der Waals surface area (Å²) < 4.78 is 4.78. The lowest BCUT2D eigenvalue weighted by atomic mass is 10.3. The molecule has 0 aliphatic rings. The van der Waals surface area contributed by atoms with Crippen molar-refractivity contribution in [3.63, 3.8) is 0 Å². The van der Waals surface area contributed by atoms with Crippen molar-refractivity contribution in [2.75, 3.05) is 13.7 Å². The van der Waals surface area contributed by atoms with Gasteiger partial charge in [0.2, 0.25) is 0 Å². The average Bonchev–Trinajstić information content (AvgIpc) is 2.36. The van der Waals surface area contributed by atoms with Crippen molar-refractivity contribution < 1.29 is 9.84 Å². The van der Waals surface area contributed by atoms with Gasteiger partial charge < -0.3 is 9.84 Å². The van der Waals surface area contributed by atoms with Crippen LogP contribution in [0.15, 0.2) is 5.38 Å². The van der Waals surface area contributed by atoms with Crippen molar-refractivity contribution in [1.82, 2.24) is 4.98 Å². The molecule has 0 aliphatic heterocycles. The van der Waals surface area contributed by atoms with E-state index in [4.69, 9.17) is 4.74 Å². The number of methoxy groups -OCH3 is 1. The van der Waals surface area contributed by atoms with Gasteiger partial charge in [0.25, 0.3) is 0 Å². The summed E-state index contributed by atoms with van der Waals surface area (Å²) in [5.74, 6) is 0. The highest BCUT2D eigenvalue weighted by Crippen LogP contribution is 2.15. The van der Waals surface area contributed by atoms with Gasteiger partial charge in [-0.2, -0.15) is 0 Å². The van der Waals surface area contributed by atoms with Gasteiger partial charge >= 0.3 is 0 Å². The molecule has 0 radical (unpaired) electrons. The predicted molar refractivity (Wildman–Crippen MR) is 43.7 cm³/mol. The van der Waals surface area contributed by atoms with Gasteiger partial charge in [-0.1, -0.05) is 0 Å². The van der Waals surface area contributed by atoms with Gasteiger partial charge in [0.05, 0.1) is 17.3 Å². The lowest BCUT2D eigenvalue weighted by molar-refractivity contribution is 0.0620. The molecule has 0 fully saturated rings. The van der Waals surface area contributed by atoms with E-state index < -0.39 is 6.10 Å². The van der Waals surface area contributed by atoms with Gasteiger partial charge in [0.1, 0.15) is 6.10 Å². The minimum absolute atomic E-state index is 0.309. The van der Waals surface area contributed by atoms with E-state index in [0.29, 0.717) is 12.3 Å². The molecule has 3 nitrogen and oxygen atoms in total. The van der Waals surface area contributed by atoms with E-state index in [1.165, 1.54) is 11.3 Å². The normalized spacial score (nSPS) is 13.4. The van der Waals surface area contributed by atoms with Gasteiger partial charge in [0, 0.05) is 12.5 Å². The third-order valence-electron chi connectivity index (χ3n) is 1.30. The van der Waals surface area contributed by atoms with E-state index in [0.717, 1.165) is 5.01 Å². The van der Waals surface area contributed by atoms with Crippen molar-refractivity contribution in [2.24, 2.45) is 0 Å². The van der Waals surface area contributed by atoms with Gasteiger partial charge in [-0.3, -0.25) is 0 Å². The summed E-state index contributed by atoms with van der Waals surface area (Å²) in [6.45, 7) is 2.22. The Morgan fingerprint density at radius 3 is 3.00 bits per heavy atom. The molecule has 1 N–H and O–H groups in total. The molecule has 0 saturated heterocycles. The predicted octanol–water partition coefficient (Wildman–Crippen LogP) is 1.13. The molecule has 1 unspecified atom stereocenters. The van der Waals surface area contributed by atoms with Crippen LogP contribution in [0.4, 0.5) is 0 Å². The number of aliphatic hydroxyl groups is 1. The maximum Gasteiger partial charge on any atom is 0.120 e. The molecule has 11 heavy (non-hydrogen) atoms. The Bertz CT molecular complexity index is 224. The van der Waals surface area contributed by atoms with Gasteiger partial charge in [-0.05, 0) is 6.92 Å². The van der Waals surface area contributed by atoms with Gasteiger partial charge in [-0.25, -0.2) is 4.98 Å². The molecule has 1 rings (SSSR count). The summed E-state index contributed by atoms with van der Waals surface area (Å²) in [7, 11) is 1.56. The molecule has 0 spiro atoms. The van der Waals surface area contributed by atoms with E-state index in [2.05, 4.69) is 4.98 Å². The number of thiazole rings is 1. The molecule has 1 aromatic heterocycles. The third kappa shape index (κ3) is 2.25. The lowest BCUT2D eigenvalue weighted by Gasteiger charge is -2.04. The summed E-state index contributed by atoms with van der Waals surface area (Å²) in [5, 5.41) is 12.2. The Hall–Kier alpha value is -0.450. The van der Waals surface area contributed by atoms with Crippen LogP contribution < -0.4 is 0 Å². The number of nitrogens with zero attached hydrogens (tertiary/aromatic N) is 1. The molecule has 0 bridgehead atoms. The molecule has 1 heterocycles. The number of rotatable bonds is 3. The summed E-state index contributed by atoms with van der Waals surface area (Å²) in [4.78, 5) is 4.12. The summed E-state index contributed by atoms with van der Waals surface area (Å²) in [6.07, 6.45) is -0.579. The fourth-order valence-electron chi connectivity index (χ4n) is 0.776. The second-order valence-corrected chi connectivity index (χ2v) is 3.32. The van der Waals surface area contributed by atoms with Crippen LogP contribution in [0.25, 0.3) is 0 Å². The van der Waals surface area contributed by atoms with Crippen molar-refractivity contribution >= 4 is 11.3 Å². The number of hydrogen-bond acceptors (Lipinski definition) is 4. The number of aromatic nitrogens is 1. The molecule has 1 atom stereocenters. The van der Waals surface area contributed by atoms with Gasteiger partial charge in [-0.15, -0.1) is 11.3 Å². The van der Waals surface area contributed by atoms with E-state index in [1.54, 1.807) is 7.11 Å². The fraction of sp³-hybridized carbons (Fsp3) is 0.571.